The van der Waals surface area contributed by atoms with E-state index in [2.05, 4.69) is 4.74 Å². The molecule has 0 spiro atoms. The molecule has 0 unspecified atom stereocenters. The molecule has 1 saturated heterocycles. The van der Waals surface area contributed by atoms with Crippen LogP contribution in [0.25, 0.3) is 0 Å². The second kappa shape index (κ2) is 5.13. The number of carbonyl (C=O) groups is 1. The number of ether oxygens (including phenoxy) is 1. The van der Waals surface area contributed by atoms with E-state index in [0.717, 1.165) is 7.11 Å². The molecule has 1 aliphatic heterocycles. The van der Waals surface area contributed by atoms with Gasteiger partial charge in [-0.05, 0) is 37.1 Å². The molecule has 0 bridgehead atoms. The SMILES string of the molecule is COC(F)(F)[C@@H]1CCCN1c1ccc(C(=O)O)cc1. The Balaban J connectivity index is 2.23. The van der Waals surface area contributed by atoms with Gasteiger partial charge in [0.05, 0.1) is 5.56 Å². The van der Waals surface area contributed by atoms with Crippen molar-refractivity contribution in [3.05, 3.63) is 29.8 Å². The third-order valence-electron chi connectivity index (χ3n) is 3.36. The number of aromatic carboxylic acids is 1. The Kier molecular flexibility index (Phi) is 3.71. The van der Waals surface area contributed by atoms with E-state index >= 15 is 0 Å². The van der Waals surface area contributed by atoms with Gasteiger partial charge in [0.2, 0.25) is 0 Å². The maximum Gasteiger partial charge on any atom is 0.375 e. The number of halogens is 2. The highest BCUT2D eigenvalue weighted by Gasteiger charge is 2.46. The molecular formula is C13H15F2NO3. The predicted molar refractivity (Wildman–Crippen MR) is 65.7 cm³/mol. The zero-order valence-corrected chi connectivity index (χ0v) is 10.5. The summed E-state index contributed by atoms with van der Waals surface area (Å²) in [7, 11) is 0.990. The number of methoxy groups -OCH3 is 1. The van der Waals surface area contributed by atoms with Crippen molar-refractivity contribution in [1.29, 1.82) is 0 Å². The molecule has 1 aromatic rings. The predicted octanol–water partition coefficient (Wildman–Crippen LogP) is 2.59. The van der Waals surface area contributed by atoms with Gasteiger partial charge < -0.3 is 14.7 Å². The molecule has 1 N–H and O–H groups in total. The molecule has 0 radical (unpaired) electrons. The number of hydrogen-bond donors (Lipinski definition) is 1. The Morgan fingerprint density at radius 3 is 2.58 bits per heavy atom. The minimum Gasteiger partial charge on any atom is -0.478 e. The molecule has 6 heteroatoms. The van der Waals surface area contributed by atoms with E-state index in [9.17, 15) is 13.6 Å². The molecule has 2 rings (SSSR count). The average molecular weight is 271 g/mol. The summed E-state index contributed by atoms with van der Waals surface area (Å²) in [5.74, 6) is -1.04. The molecule has 19 heavy (non-hydrogen) atoms. The fourth-order valence-electron chi connectivity index (χ4n) is 2.36. The Morgan fingerprint density at radius 2 is 2.05 bits per heavy atom. The smallest absolute Gasteiger partial charge is 0.375 e. The highest BCUT2D eigenvalue weighted by molar-refractivity contribution is 5.88. The molecule has 1 fully saturated rings. The summed E-state index contributed by atoms with van der Waals surface area (Å²) in [6, 6.07) is 4.92. The number of anilines is 1. The maximum atomic E-state index is 13.6. The first-order valence-electron chi connectivity index (χ1n) is 5.98. The van der Waals surface area contributed by atoms with E-state index in [4.69, 9.17) is 5.11 Å². The van der Waals surface area contributed by atoms with Crippen LogP contribution in [-0.2, 0) is 4.74 Å². The highest BCUT2D eigenvalue weighted by Crippen LogP contribution is 2.35. The van der Waals surface area contributed by atoms with E-state index in [0.29, 0.717) is 25.1 Å². The second-order valence-electron chi connectivity index (χ2n) is 4.47. The monoisotopic (exact) mass is 271 g/mol. The van der Waals surface area contributed by atoms with Crippen LogP contribution in [0.15, 0.2) is 24.3 Å². The summed E-state index contributed by atoms with van der Waals surface area (Å²) in [4.78, 5) is 12.3. The van der Waals surface area contributed by atoms with Gasteiger partial charge in [-0.3, -0.25) is 0 Å². The van der Waals surface area contributed by atoms with Crippen molar-refractivity contribution in [1.82, 2.24) is 0 Å². The number of alkyl halides is 2. The van der Waals surface area contributed by atoms with Gasteiger partial charge in [0.1, 0.15) is 6.04 Å². The van der Waals surface area contributed by atoms with Gasteiger partial charge in [-0.25, -0.2) is 4.79 Å². The summed E-state index contributed by atoms with van der Waals surface area (Å²) < 4.78 is 31.6. The molecular weight excluding hydrogens is 256 g/mol. The Hall–Kier alpha value is -1.69. The quantitative estimate of drug-likeness (QED) is 0.914. The van der Waals surface area contributed by atoms with Crippen LogP contribution in [0.4, 0.5) is 14.5 Å². The molecule has 1 aromatic carbocycles. The van der Waals surface area contributed by atoms with Crippen LogP contribution in [-0.4, -0.2) is 36.9 Å². The van der Waals surface area contributed by atoms with Gasteiger partial charge >= 0.3 is 12.1 Å². The molecule has 0 amide bonds. The normalized spacial score (nSPS) is 19.7. The lowest BCUT2D eigenvalue weighted by Crippen LogP contribution is -2.45. The number of carboxylic acid groups (broad SMARTS) is 1. The van der Waals surface area contributed by atoms with Gasteiger partial charge in [-0.2, -0.15) is 8.78 Å². The van der Waals surface area contributed by atoms with E-state index in [1.54, 1.807) is 17.0 Å². The van der Waals surface area contributed by atoms with E-state index in [1.807, 2.05) is 0 Å². The number of carboxylic acids is 1. The van der Waals surface area contributed by atoms with E-state index in [-0.39, 0.29) is 5.56 Å². The van der Waals surface area contributed by atoms with E-state index in [1.165, 1.54) is 12.1 Å². The van der Waals surface area contributed by atoms with Crippen molar-refractivity contribution < 1.29 is 23.4 Å². The van der Waals surface area contributed by atoms with Crippen molar-refractivity contribution in [3.8, 4) is 0 Å². The van der Waals surface area contributed by atoms with Crippen LogP contribution < -0.4 is 4.90 Å². The molecule has 0 aliphatic carbocycles. The first-order valence-corrected chi connectivity index (χ1v) is 5.98. The molecule has 1 heterocycles. The molecule has 104 valence electrons. The lowest BCUT2D eigenvalue weighted by atomic mass is 10.1. The van der Waals surface area contributed by atoms with Crippen LogP contribution in [0.1, 0.15) is 23.2 Å². The highest BCUT2D eigenvalue weighted by atomic mass is 19.3. The largest absolute Gasteiger partial charge is 0.478 e. The summed E-state index contributed by atoms with van der Waals surface area (Å²) in [6.07, 6.45) is -2.20. The number of rotatable bonds is 4. The van der Waals surface area contributed by atoms with Crippen LogP contribution >= 0.6 is 0 Å². The summed E-state index contributed by atoms with van der Waals surface area (Å²) in [5.41, 5.74) is 0.724. The second-order valence-corrected chi connectivity index (χ2v) is 4.47. The first kappa shape index (κ1) is 13.7. The Bertz CT molecular complexity index is 461. The Morgan fingerprint density at radius 1 is 1.42 bits per heavy atom. The number of benzene rings is 1. The van der Waals surface area contributed by atoms with Crippen LogP contribution in [0, 0.1) is 0 Å². The molecule has 1 atom stereocenters. The lowest BCUT2D eigenvalue weighted by Gasteiger charge is -2.31. The topological polar surface area (TPSA) is 49.8 Å². The van der Waals surface area contributed by atoms with Gasteiger partial charge in [0.15, 0.2) is 0 Å². The third-order valence-corrected chi connectivity index (χ3v) is 3.36. The third kappa shape index (κ3) is 2.68. The van der Waals surface area contributed by atoms with Gasteiger partial charge in [-0.1, -0.05) is 0 Å². The minimum absolute atomic E-state index is 0.137. The van der Waals surface area contributed by atoms with Crippen LogP contribution in [0.3, 0.4) is 0 Å². The van der Waals surface area contributed by atoms with E-state index < -0.39 is 18.1 Å². The standard InChI is InChI=1S/C13H15F2NO3/c1-19-13(14,15)11-3-2-8-16(11)10-6-4-9(5-7-10)12(17)18/h4-7,11H,2-3,8H2,1H3,(H,17,18)/t11-/m0/s1. The molecule has 0 aromatic heterocycles. The van der Waals surface area contributed by atoms with Crippen molar-refractivity contribution in [2.45, 2.75) is 25.0 Å². The maximum absolute atomic E-state index is 13.6. The van der Waals surface area contributed by atoms with Crippen LogP contribution in [0.5, 0.6) is 0 Å². The lowest BCUT2D eigenvalue weighted by molar-refractivity contribution is -0.233. The van der Waals surface area contributed by atoms with Gasteiger partial charge in [0.25, 0.3) is 0 Å². The zero-order valence-electron chi connectivity index (χ0n) is 10.5. The van der Waals surface area contributed by atoms with Crippen LogP contribution in [0.2, 0.25) is 0 Å². The van der Waals surface area contributed by atoms with Crippen molar-refractivity contribution >= 4 is 11.7 Å². The van der Waals surface area contributed by atoms with Crippen molar-refractivity contribution in [3.63, 3.8) is 0 Å². The molecule has 1 aliphatic rings. The fraction of sp³-hybridized carbons (Fsp3) is 0.462. The number of nitrogens with zero attached hydrogens (tertiary/aromatic N) is 1. The summed E-state index contributed by atoms with van der Waals surface area (Å²) in [5, 5.41) is 8.81. The molecule has 4 nitrogen and oxygen atoms in total. The van der Waals surface area contributed by atoms with Crippen molar-refractivity contribution in [2.24, 2.45) is 0 Å². The number of hydrogen-bond acceptors (Lipinski definition) is 3. The fourth-order valence-corrected chi connectivity index (χ4v) is 2.36. The van der Waals surface area contributed by atoms with Gasteiger partial charge in [0, 0.05) is 19.3 Å². The average Bonchev–Trinajstić information content (AvgIpc) is 2.89. The van der Waals surface area contributed by atoms with Gasteiger partial charge in [-0.15, -0.1) is 0 Å². The Labute approximate surface area is 109 Å². The zero-order chi connectivity index (χ0) is 14.0. The summed E-state index contributed by atoms with van der Waals surface area (Å²) in [6.45, 7) is 0.510. The van der Waals surface area contributed by atoms with Crippen molar-refractivity contribution in [2.75, 3.05) is 18.6 Å². The molecule has 0 saturated carbocycles. The summed E-state index contributed by atoms with van der Waals surface area (Å²) >= 11 is 0. The minimum atomic E-state index is -3.21. The first-order chi connectivity index (χ1) is 8.95.